The molecule has 1 aromatic carbocycles. The van der Waals surface area contributed by atoms with Crippen molar-refractivity contribution in [2.45, 2.75) is 6.42 Å². The van der Waals surface area contributed by atoms with Crippen LogP contribution in [-0.2, 0) is 7.05 Å². The molecule has 2 aromatic heterocycles. The van der Waals surface area contributed by atoms with Crippen molar-refractivity contribution in [2.24, 2.45) is 7.05 Å². The van der Waals surface area contributed by atoms with Gasteiger partial charge in [-0.1, -0.05) is 11.6 Å². The summed E-state index contributed by atoms with van der Waals surface area (Å²) in [6.07, 6.45) is 2.70. The molecule has 7 heteroatoms. The molecule has 0 spiro atoms. The van der Waals surface area contributed by atoms with Gasteiger partial charge in [0.25, 0.3) is 5.91 Å². The Labute approximate surface area is 157 Å². The van der Waals surface area contributed by atoms with E-state index in [1.807, 2.05) is 42.3 Å². The van der Waals surface area contributed by atoms with Crippen LogP contribution in [0.1, 0.15) is 16.9 Å². The molecule has 0 N–H and O–H groups in total. The number of anilines is 1. The van der Waals surface area contributed by atoms with Crippen molar-refractivity contribution in [3.63, 3.8) is 0 Å². The highest BCUT2D eigenvalue weighted by Gasteiger charge is 2.22. The van der Waals surface area contributed by atoms with E-state index >= 15 is 0 Å². The van der Waals surface area contributed by atoms with Gasteiger partial charge in [0.2, 0.25) is 0 Å². The summed E-state index contributed by atoms with van der Waals surface area (Å²) in [7, 11) is 1.82. The quantitative estimate of drug-likeness (QED) is 0.697. The molecule has 1 aliphatic rings. The summed E-state index contributed by atoms with van der Waals surface area (Å²) in [4.78, 5) is 21.5. The Bertz CT molecular complexity index is 954. The highest BCUT2D eigenvalue weighted by atomic mass is 35.5. The van der Waals surface area contributed by atoms with E-state index < -0.39 is 0 Å². The van der Waals surface area contributed by atoms with E-state index in [4.69, 9.17) is 16.6 Å². The molecule has 0 aliphatic carbocycles. The summed E-state index contributed by atoms with van der Waals surface area (Å²) in [6, 6.07) is 11.6. The topological polar surface area (TPSA) is 54.3 Å². The van der Waals surface area contributed by atoms with Gasteiger partial charge in [0.1, 0.15) is 11.5 Å². The Morgan fingerprint density at radius 3 is 2.77 bits per heavy atom. The maximum atomic E-state index is 12.6. The Balaban J connectivity index is 1.50. The molecule has 0 atom stereocenters. The molecule has 1 fully saturated rings. The number of nitrogens with zero attached hydrogens (tertiary/aromatic N) is 5. The molecule has 0 radical (unpaired) electrons. The number of rotatable bonds is 2. The van der Waals surface area contributed by atoms with Gasteiger partial charge in [-0.3, -0.25) is 9.48 Å². The molecule has 6 nitrogen and oxygen atoms in total. The van der Waals surface area contributed by atoms with Crippen LogP contribution in [0.15, 0.2) is 42.6 Å². The van der Waals surface area contributed by atoms with Crippen LogP contribution in [0.2, 0.25) is 5.02 Å². The van der Waals surface area contributed by atoms with Crippen molar-refractivity contribution in [2.75, 3.05) is 31.1 Å². The number of aryl methyl sites for hydroxylation is 1. The number of benzene rings is 1. The van der Waals surface area contributed by atoms with Crippen molar-refractivity contribution in [3.05, 3.63) is 53.3 Å². The lowest BCUT2D eigenvalue weighted by Crippen LogP contribution is -2.35. The van der Waals surface area contributed by atoms with Gasteiger partial charge < -0.3 is 9.80 Å². The van der Waals surface area contributed by atoms with Gasteiger partial charge in [-0.2, -0.15) is 5.10 Å². The van der Waals surface area contributed by atoms with Gasteiger partial charge in [0, 0.05) is 49.8 Å². The molecule has 26 heavy (non-hydrogen) atoms. The van der Waals surface area contributed by atoms with Crippen molar-refractivity contribution >= 4 is 34.2 Å². The first-order chi connectivity index (χ1) is 12.6. The van der Waals surface area contributed by atoms with E-state index in [2.05, 4.69) is 10.00 Å². The summed E-state index contributed by atoms with van der Waals surface area (Å²) >= 11 is 6.04. The van der Waals surface area contributed by atoms with Gasteiger partial charge in [-0.25, -0.2) is 4.98 Å². The first kappa shape index (κ1) is 16.8. The second kappa shape index (κ2) is 6.96. The normalized spacial score (nSPS) is 15.3. The lowest BCUT2D eigenvalue weighted by molar-refractivity contribution is 0.0760. The van der Waals surface area contributed by atoms with E-state index in [0.29, 0.717) is 17.3 Å². The number of hydrogen-bond acceptors (Lipinski definition) is 4. The van der Waals surface area contributed by atoms with Crippen molar-refractivity contribution < 1.29 is 4.79 Å². The minimum absolute atomic E-state index is 0.00596. The smallest absolute Gasteiger partial charge is 0.274 e. The fourth-order valence-corrected chi connectivity index (χ4v) is 3.48. The molecular formula is C19H20ClN5O. The largest absolute Gasteiger partial charge is 0.355 e. The summed E-state index contributed by atoms with van der Waals surface area (Å²) in [5, 5.41) is 5.97. The Morgan fingerprint density at radius 2 is 1.96 bits per heavy atom. The van der Waals surface area contributed by atoms with Gasteiger partial charge in [0.15, 0.2) is 0 Å². The third-order valence-electron chi connectivity index (χ3n) is 4.68. The minimum Gasteiger partial charge on any atom is -0.355 e. The highest BCUT2D eigenvalue weighted by molar-refractivity contribution is 6.31. The Kier molecular flexibility index (Phi) is 4.51. The SMILES string of the molecule is Cn1ccc(C(=O)N2CCCN(c3ccc4cc(Cl)ccc4n3)CC2)n1. The minimum atomic E-state index is -0.00596. The summed E-state index contributed by atoms with van der Waals surface area (Å²) in [5.74, 6) is 0.931. The van der Waals surface area contributed by atoms with Crippen molar-refractivity contribution in [1.29, 1.82) is 0 Å². The number of pyridine rings is 1. The van der Waals surface area contributed by atoms with Crippen molar-refractivity contribution in [3.8, 4) is 0 Å². The fourth-order valence-electron chi connectivity index (χ4n) is 3.30. The number of fused-ring (bicyclic) bond motifs is 1. The lowest BCUT2D eigenvalue weighted by Gasteiger charge is -2.22. The molecule has 0 saturated carbocycles. The molecule has 4 rings (SSSR count). The van der Waals surface area contributed by atoms with Crippen molar-refractivity contribution in [1.82, 2.24) is 19.7 Å². The van der Waals surface area contributed by atoms with E-state index in [1.54, 1.807) is 16.9 Å². The maximum Gasteiger partial charge on any atom is 0.274 e. The molecular weight excluding hydrogens is 350 g/mol. The summed E-state index contributed by atoms with van der Waals surface area (Å²) in [5.41, 5.74) is 1.43. The van der Waals surface area contributed by atoms with Crippen LogP contribution in [0.3, 0.4) is 0 Å². The zero-order valence-corrected chi connectivity index (χ0v) is 15.4. The molecule has 3 aromatic rings. The Morgan fingerprint density at radius 1 is 1.08 bits per heavy atom. The van der Waals surface area contributed by atoms with Crippen LogP contribution in [0.5, 0.6) is 0 Å². The monoisotopic (exact) mass is 369 g/mol. The third-order valence-corrected chi connectivity index (χ3v) is 4.91. The van der Waals surface area contributed by atoms with Gasteiger partial charge in [-0.05, 0) is 42.8 Å². The number of carbonyl (C=O) groups is 1. The first-order valence-corrected chi connectivity index (χ1v) is 9.08. The van der Waals surface area contributed by atoms with E-state index in [0.717, 1.165) is 42.8 Å². The number of halogens is 1. The molecule has 3 heterocycles. The molecule has 134 valence electrons. The molecule has 0 unspecified atom stereocenters. The van der Waals surface area contributed by atoms with Crippen LogP contribution >= 0.6 is 11.6 Å². The maximum absolute atomic E-state index is 12.6. The molecule has 1 saturated heterocycles. The highest BCUT2D eigenvalue weighted by Crippen LogP contribution is 2.22. The fraction of sp³-hybridized carbons (Fsp3) is 0.316. The predicted molar refractivity (Wildman–Crippen MR) is 103 cm³/mol. The van der Waals surface area contributed by atoms with E-state index in [1.165, 1.54) is 0 Å². The van der Waals surface area contributed by atoms with Crippen LogP contribution in [0, 0.1) is 0 Å². The van der Waals surface area contributed by atoms with Gasteiger partial charge in [0.05, 0.1) is 5.52 Å². The average molecular weight is 370 g/mol. The zero-order valence-electron chi connectivity index (χ0n) is 14.6. The first-order valence-electron chi connectivity index (χ1n) is 8.70. The average Bonchev–Trinajstić information content (AvgIpc) is 2.93. The molecule has 1 aliphatic heterocycles. The summed E-state index contributed by atoms with van der Waals surface area (Å²) in [6.45, 7) is 3.02. The second-order valence-corrected chi connectivity index (χ2v) is 6.95. The standard InChI is InChI=1S/C19H20ClN5O/c1-23-10-7-17(22-23)19(26)25-9-2-8-24(11-12-25)18-6-3-14-13-15(20)4-5-16(14)21-18/h3-7,10,13H,2,8-9,11-12H2,1H3. The lowest BCUT2D eigenvalue weighted by atomic mass is 10.2. The summed E-state index contributed by atoms with van der Waals surface area (Å²) < 4.78 is 1.66. The number of amides is 1. The number of hydrogen-bond donors (Lipinski definition) is 0. The van der Waals surface area contributed by atoms with Crippen LogP contribution in [-0.4, -0.2) is 51.8 Å². The van der Waals surface area contributed by atoms with Crippen LogP contribution < -0.4 is 4.90 Å². The molecule has 0 bridgehead atoms. The molecule has 1 amide bonds. The van der Waals surface area contributed by atoms with Gasteiger partial charge >= 0.3 is 0 Å². The number of carbonyl (C=O) groups excluding carboxylic acids is 1. The predicted octanol–water partition coefficient (Wildman–Crippen LogP) is 2.97. The van der Waals surface area contributed by atoms with Crippen LogP contribution in [0.25, 0.3) is 10.9 Å². The van der Waals surface area contributed by atoms with E-state index in [9.17, 15) is 4.79 Å². The van der Waals surface area contributed by atoms with Crippen LogP contribution in [0.4, 0.5) is 5.82 Å². The van der Waals surface area contributed by atoms with E-state index in [-0.39, 0.29) is 5.91 Å². The Hall–Kier alpha value is -2.60. The number of aromatic nitrogens is 3. The third kappa shape index (κ3) is 3.37. The van der Waals surface area contributed by atoms with Gasteiger partial charge in [-0.15, -0.1) is 0 Å². The second-order valence-electron chi connectivity index (χ2n) is 6.51. The zero-order chi connectivity index (χ0) is 18.1.